The summed E-state index contributed by atoms with van der Waals surface area (Å²) in [5.74, 6) is 0. The highest BCUT2D eigenvalue weighted by atomic mass is 79.9. The first-order valence-corrected chi connectivity index (χ1v) is 8.07. The van der Waals surface area contributed by atoms with E-state index in [9.17, 15) is 0 Å². The number of hydrogen-bond acceptors (Lipinski definition) is 2. The van der Waals surface area contributed by atoms with Crippen molar-refractivity contribution in [3.05, 3.63) is 56.2 Å². The molecule has 1 atom stereocenters. The first-order chi connectivity index (χ1) is 8.86. The van der Waals surface area contributed by atoms with Gasteiger partial charge in [0.25, 0.3) is 0 Å². The zero-order chi connectivity index (χ0) is 14.0. The average molecular weight is 338 g/mol. The first kappa shape index (κ1) is 14.8. The fraction of sp³-hybridized carbons (Fsp3) is 0.375. The molecule has 0 bridgehead atoms. The van der Waals surface area contributed by atoms with Crippen molar-refractivity contribution in [3.63, 3.8) is 0 Å². The molecule has 0 amide bonds. The van der Waals surface area contributed by atoms with Gasteiger partial charge in [-0.1, -0.05) is 45.0 Å². The lowest BCUT2D eigenvalue weighted by atomic mass is 9.86. The summed E-state index contributed by atoms with van der Waals surface area (Å²) >= 11 is 5.19. The van der Waals surface area contributed by atoms with Crippen LogP contribution in [0.2, 0.25) is 0 Å². The molecule has 0 saturated carbocycles. The minimum Gasteiger partial charge on any atom is -0.323 e. The van der Waals surface area contributed by atoms with Crippen LogP contribution in [-0.2, 0) is 11.8 Å². The van der Waals surface area contributed by atoms with Gasteiger partial charge in [0, 0.05) is 10.9 Å². The van der Waals surface area contributed by atoms with Crippen LogP contribution in [0.4, 0.5) is 0 Å². The van der Waals surface area contributed by atoms with Gasteiger partial charge in [-0.05, 0) is 51.0 Å². The van der Waals surface area contributed by atoms with Gasteiger partial charge < -0.3 is 5.73 Å². The van der Waals surface area contributed by atoms with Gasteiger partial charge in [-0.25, -0.2) is 0 Å². The SMILES string of the molecule is CC(C)(C)c1ccc(CC(N)c2ccc(Br)s2)cc1. The summed E-state index contributed by atoms with van der Waals surface area (Å²) in [6.07, 6.45) is 0.886. The molecule has 0 aliphatic carbocycles. The lowest BCUT2D eigenvalue weighted by Gasteiger charge is -2.19. The van der Waals surface area contributed by atoms with E-state index in [0.29, 0.717) is 0 Å². The van der Waals surface area contributed by atoms with Gasteiger partial charge >= 0.3 is 0 Å². The summed E-state index contributed by atoms with van der Waals surface area (Å²) in [5, 5.41) is 0. The Kier molecular flexibility index (Phi) is 4.49. The maximum atomic E-state index is 6.25. The third kappa shape index (κ3) is 3.91. The summed E-state index contributed by atoms with van der Waals surface area (Å²) in [4.78, 5) is 1.23. The Morgan fingerprint density at radius 1 is 1.11 bits per heavy atom. The molecule has 0 fully saturated rings. The highest BCUT2D eigenvalue weighted by molar-refractivity contribution is 9.11. The molecule has 1 nitrogen and oxygen atoms in total. The Morgan fingerprint density at radius 2 is 1.74 bits per heavy atom. The number of thiophene rings is 1. The molecule has 2 aromatic rings. The Balaban J connectivity index is 2.07. The Morgan fingerprint density at radius 3 is 2.21 bits per heavy atom. The monoisotopic (exact) mass is 337 g/mol. The molecule has 0 spiro atoms. The van der Waals surface area contributed by atoms with E-state index in [-0.39, 0.29) is 11.5 Å². The molecule has 1 aromatic carbocycles. The molecule has 1 aromatic heterocycles. The van der Waals surface area contributed by atoms with E-state index in [0.717, 1.165) is 10.2 Å². The maximum absolute atomic E-state index is 6.25. The first-order valence-electron chi connectivity index (χ1n) is 6.46. The number of nitrogens with two attached hydrogens (primary N) is 1. The molecule has 3 heteroatoms. The second-order valence-electron chi connectivity index (χ2n) is 5.90. The van der Waals surface area contributed by atoms with E-state index in [2.05, 4.69) is 73.1 Å². The zero-order valence-electron chi connectivity index (χ0n) is 11.6. The van der Waals surface area contributed by atoms with Gasteiger partial charge in [0.15, 0.2) is 0 Å². The van der Waals surface area contributed by atoms with Crippen LogP contribution in [0.3, 0.4) is 0 Å². The van der Waals surface area contributed by atoms with Crippen molar-refractivity contribution < 1.29 is 0 Å². The van der Waals surface area contributed by atoms with E-state index >= 15 is 0 Å². The third-order valence-electron chi connectivity index (χ3n) is 3.24. The second-order valence-corrected chi connectivity index (χ2v) is 8.39. The molecule has 102 valence electrons. The highest BCUT2D eigenvalue weighted by Crippen LogP contribution is 2.28. The molecule has 0 saturated heterocycles. The van der Waals surface area contributed by atoms with Gasteiger partial charge in [-0.2, -0.15) is 0 Å². The number of hydrogen-bond donors (Lipinski definition) is 1. The summed E-state index contributed by atoms with van der Waals surface area (Å²) in [6, 6.07) is 13.1. The van der Waals surface area contributed by atoms with Gasteiger partial charge in [0.2, 0.25) is 0 Å². The van der Waals surface area contributed by atoms with E-state index in [4.69, 9.17) is 5.73 Å². The summed E-state index contributed by atoms with van der Waals surface area (Å²) in [5.41, 5.74) is 9.12. The van der Waals surface area contributed by atoms with Crippen LogP contribution in [0, 0.1) is 0 Å². The maximum Gasteiger partial charge on any atom is 0.0701 e. The normalized spacial score (nSPS) is 13.5. The van der Waals surface area contributed by atoms with Crippen LogP contribution in [0.15, 0.2) is 40.2 Å². The van der Waals surface area contributed by atoms with Crippen molar-refractivity contribution in [2.45, 2.75) is 38.6 Å². The van der Waals surface area contributed by atoms with Crippen molar-refractivity contribution in [2.24, 2.45) is 5.73 Å². The molecule has 1 heterocycles. The molecule has 1 unspecified atom stereocenters. The van der Waals surface area contributed by atoms with Crippen molar-refractivity contribution in [2.75, 3.05) is 0 Å². The quantitative estimate of drug-likeness (QED) is 0.833. The number of benzene rings is 1. The van der Waals surface area contributed by atoms with E-state index in [1.54, 1.807) is 11.3 Å². The van der Waals surface area contributed by atoms with Gasteiger partial charge in [-0.3, -0.25) is 0 Å². The fourth-order valence-electron chi connectivity index (χ4n) is 2.02. The number of halogens is 1. The minimum absolute atomic E-state index is 0.0804. The zero-order valence-corrected chi connectivity index (χ0v) is 14.0. The van der Waals surface area contributed by atoms with Gasteiger partial charge in [0.05, 0.1) is 3.79 Å². The standard InChI is InChI=1S/C16H20BrNS/c1-16(2,3)12-6-4-11(5-7-12)10-13(18)14-8-9-15(17)19-14/h4-9,13H,10,18H2,1-3H3. The Bertz CT molecular complexity index is 537. The predicted molar refractivity (Wildman–Crippen MR) is 87.8 cm³/mol. The van der Waals surface area contributed by atoms with Crippen molar-refractivity contribution in [1.29, 1.82) is 0 Å². The van der Waals surface area contributed by atoms with Crippen LogP contribution in [0.25, 0.3) is 0 Å². The van der Waals surface area contributed by atoms with E-state index in [1.165, 1.54) is 16.0 Å². The number of rotatable bonds is 3. The summed E-state index contributed by atoms with van der Waals surface area (Å²) in [6.45, 7) is 6.70. The minimum atomic E-state index is 0.0804. The lowest BCUT2D eigenvalue weighted by Crippen LogP contribution is -2.13. The van der Waals surface area contributed by atoms with Crippen LogP contribution in [0.5, 0.6) is 0 Å². The molecule has 0 aliphatic heterocycles. The molecule has 19 heavy (non-hydrogen) atoms. The molecule has 2 rings (SSSR count). The van der Waals surface area contributed by atoms with E-state index in [1.807, 2.05) is 0 Å². The Labute approximate surface area is 128 Å². The molecular weight excluding hydrogens is 318 g/mol. The van der Waals surface area contributed by atoms with Crippen LogP contribution >= 0.6 is 27.3 Å². The summed E-state index contributed by atoms with van der Waals surface area (Å²) in [7, 11) is 0. The largest absolute Gasteiger partial charge is 0.323 e. The lowest BCUT2D eigenvalue weighted by molar-refractivity contribution is 0.589. The van der Waals surface area contributed by atoms with Gasteiger partial charge in [-0.15, -0.1) is 11.3 Å². The molecule has 0 radical (unpaired) electrons. The Hall–Kier alpha value is -0.640. The molecular formula is C16H20BrNS. The van der Waals surface area contributed by atoms with Crippen molar-refractivity contribution in [3.8, 4) is 0 Å². The average Bonchev–Trinajstić information content (AvgIpc) is 2.75. The molecule has 0 aliphatic rings. The van der Waals surface area contributed by atoms with Crippen LogP contribution in [0.1, 0.15) is 42.8 Å². The molecule has 2 N–H and O–H groups in total. The topological polar surface area (TPSA) is 26.0 Å². The third-order valence-corrected chi connectivity index (χ3v) is 4.99. The van der Waals surface area contributed by atoms with E-state index < -0.39 is 0 Å². The predicted octanol–water partition coefficient (Wildman–Crippen LogP) is 5.05. The smallest absolute Gasteiger partial charge is 0.0701 e. The van der Waals surface area contributed by atoms with Gasteiger partial charge in [0.1, 0.15) is 0 Å². The fourth-order valence-corrected chi connectivity index (χ4v) is 3.45. The van der Waals surface area contributed by atoms with Crippen LogP contribution < -0.4 is 5.73 Å². The highest BCUT2D eigenvalue weighted by Gasteiger charge is 2.14. The van der Waals surface area contributed by atoms with Crippen molar-refractivity contribution in [1.82, 2.24) is 0 Å². The summed E-state index contributed by atoms with van der Waals surface area (Å²) < 4.78 is 1.14. The van der Waals surface area contributed by atoms with Crippen molar-refractivity contribution >= 4 is 27.3 Å². The second kappa shape index (κ2) is 5.78. The van der Waals surface area contributed by atoms with Crippen LogP contribution in [-0.4, -0.2) is 0 Å².